The summed E-state index contributed by atoms with van der Waals surface area (Å²) in [5, 5.41) is 4.00. The number of benzene rings is 1. The maximum Gasteiger partial charge on any atom is 0.257 e. The van der Waals surface area contributed by atoms with Crippen molar-refractivity contribution >= 4 is 34.1 Å². The third-order valence-corrected chi connectivity index (χ3v) is 7.28. The summed E-state index contributed by atoms with van der Waals surface area (Å²) in [6.07, 6.45) is 4.91. The second-order valence-corrected chi connectivity index (χ2v) is 9.42. The van der Waals surface area contributed by atoms with Gasteiger partial charge in [-0.15, -0.1) is 11.3 Å². The average Bonchev–Trinajstić information content (AvgIpc) is 3.36. The van der Waals surface area contributed by atoms with Gasteiger partial charge in [-0.1, -0.05) is 19.6 Å². The fraction of sp³-hybridized carbons (Fsp3) is 0.308. The number of hydrogen-bond acceptors (Lipinski definition) is 7. The predicted octanol–water partition coefficient (Wildman–Crippen LogP) is 4.22. The maximum absolute atomic E-state index is 13.5. The molecule has 8 nitrogen and oxygen atoms in total. The van der Waals surface area contributed by atoms with Gasteiger partial charge in [-0.05, 0) is 48.4 Å². The van der Waals surface area contributed by atoms with Crippen molar-refractivity contribution in [3.8, 4) is 5.75 Å². The van der Waals surface area contributed by atoms with Gasteiger partial charge >= 0.3 is 0 Å². The Morgan fingerprint density at radius 3 is 2.57 bits per heavy atom. The number of aromatic nitrogens is 2. The van der Waals surface area contributed by atoms with Crippen LogP contribution in [0.4, 0.5) is 10.9 Å². The Morgan fingerprint density at radius 2 is 1.91 bits per heavy atom. The van der Waals surface area contributed by atoms with Crippen molar-refractivity contribution in [3.63, 3.8) is 0 Å². The Kier molecular flexibility index (Phi) is 7.45. The predicted molar refractivity (Wildman–Crippen MR) is 138 cm³/mol. The Labute approximate surface area is 209 Å². The number of anilines is 2. The van der Waals surface area contributed by atoms with E-state index in [1.807, 2.05) is 43.5 Å². The standard InChI is InChI=1S/C26H29N5O3S/c1-5-24(32)30-10-12-31(13-11-30)25(33)20-15-19(17(2)14-21(20)34-4)18(3)22-16-28-26(35-22)29-23-8-6-7-9-27-23/h5-9,14-16,18H,1,10-13H2,2-4H3,(H,27,28,29). The minimum absolute atomic E-state index is 0.0336. The van der Waals surface area contributed by atoms with Crippen LogP contribution in [0, 0.1) is 6.92 Å². The largest absolute Gasteiger partial charge is 0.496 e. The molecule has 0 aliphatic carbocycles. The van der Waals surface area contributed by atoms with Gasteiger partial charge in [0, 0.05) is 49.4 Å². The molecule has 4 rings (SSSR count). The van der Waals surface area contributed by atoms with Crippen molar-refractivity contribution in [1.29, 1.82) is 0 Å². The molecule has 1 N–H and O–H groups in total. The number of nitrogens with one attached hydrogen (secondary N) is 1. The van der Waals surface area contributed by atoms with Crippen LogP contribution >= 0.6 is 11.3 Å². The van der Waals surface area contributed by atoms with Gasteiger partial charge in [0.2, 0.25) is 5.91 Å². The number of carbonyl (C=O) groups is 2. The van der Waals surface area contributed by atoms with Gasteiger partial charge in [0.05, 0.1) is 12.7 Å². The average molecular weight is 492 g/mol. The molecule has 3 heterocycles. The lowest BCUT2D eigenvalue weighted by Gasteiger charge is -2.34. The zero-order valence-corrected chi connectivity index (χ0v) is 21.0. The maximum atomic E-state index is 13.5. The van der Waals surface area contributed by atoms with Gasteiger partial charge in [0.25, 0.3) is 5.91 Å². The summed E-state index contributed by atoms with van der Waals surface area (Å²) in [4.78, 5) is 38.7. The molecule has 0 spiro atoms. The molecule has 3 aromatic rings. The highest BCUT2D eigenvalue weighted by molar-refractivity contribution is 7.15. The van der Waals surface area contributed by atoms with Crippen LogP contribution < -0.4 is 10.1 Å². The SMILES string of the molecule is C=CC(=O)N1CCN(C(=O)c2cc(C(C)c3cnc(Nc4ccccn4)s3)c(C)cc2OC)CC1. The molecule has 1 saturated heterocycles. The fourth-order valence-electron chi connectivity index (χ4n) is 4.17. The fourth-order valence-corrected chi connectivity index (χ4v) is 5.07. The number of rotatable bonds is 7. The molecule has 35 heavy (non-hydrogen) atoms. The van der Waals surface area contributed by atoms with E-state index in [-0.39, 0.29) is 17.7 Å². The van der Waals surface area contributed by atoms with E-state index < -0.39 is 0 Å². The normalized spacial score (nSPS) is 14.4. The number of hydrogen-bond donors (Lipinski definition) is 1. The van der Waals surface area contributed by atoms with Crippen LogP contribution in [-0.4, -0.2) is 64.9 Å². The summed E-state index contributed by atoms with van der Waals surface area (Å²) < 4.78 is 5.57. The van der Waals surface area contributed by atoms with Crippen LogP contribution in [0.15, 0.2) is 55.4 Å². The monoisotopic (exact) mass is 491 g/mol. The van der Waals surface area contributed by atoms with E-state index in [4.69, 9.17) is 4.74 Å². The minimum Gasteiger partial charge on any atom is -0.496 e. The summed E-state index contributed by atoms with van der Waals surface area (Å²) in [7, 11) is 1.58. The Bertz CT molecular complexity index is 1220. The highest BCUT2D eigenvalue weighted by Gasteiger charge is 2.27. The summed E-state index contributed by atoms with van der Waals surface area (Å²) in [5.74, 6) is 1.12. The number of pyridine rings is 1. The number of nitrogens with zero attached hydrogens (tertiary/aromatic N) is 4. The third kappa shape index (κ3) is 5.35. The second kappa shape index (κ2) is 10.7. The molecule has 1 fully saturated rings. The lowest BCUT2D eigenvalue weighted by atomic mass is 9.92. The smallest absolute Gasteiger partial charge is 0.257 e. The van der Waals surface area contributed by atoms with Gasteiger partial charge in [0.1, 0.15) is 11.6 Å². The van der Waals surface area contributed by atoms with Crippen molar-refractivity contribution in [3.05, 3.63) is 76.9 Å². The van der Waals surface area contributed by atoms with Crippen LogP contribution in [0.1, 0.15) is 39.2 Å². The number of carbonyl (C=O) groups excluding carboxylic acids is 2. The molecular weight excluding hydrogens is 462 g/mol. The number of thiazole rings is 1. The molecular formula is C26H29N5O3S. The van der Waals surface area contributed by atoms with Crippen molar-refractivity contribution < 1.29 is 14.3 Å². The minimum atomic E-state index is -0.109. The number of ether oxygens (including phenoxy) is 1. The summed E-state index contributed by atoms with van der Waals surface area (Å²) in [6.45, 7) is 9.59. The van der Waals surface area contributed by atoms with Gasteiger partial charge in [-0.3, -0.25) is 9.59 Å². The van der Waals surface area contributed by atoms with E-state index in [1.54, 1.807) is 34.4 Å². The Hall–Kier alpha value is -3.72. The molecule has 2 amide bonds. The topological polar surface area (TPSA) is 87.7 Å². The first-order chi connectivity index (χ1) is 16.9. The quantitative estimate of drug-likeness (QED) is 0.498. The second-order valence-electron chi connectivity index (χ2n) is 8.36. The highest BCUT2D eigenvalue weighted by Crippen LogP contribution is 2.36. The molecule has 1 unspecified atom stereocenters. The van der Waals surface area contributed by atoms with E-state index >= 15 is 0 Å². The third-order valence-electron chi connectivity index (χ3n) is 6.19. The van der Waals surface area contributed by atoms with Crippen molar-refractivity contribution in [2.75, 3.05) is 38.6 Å². The van der Waals surface area contributed by atoms with E-state index in [2.05, 4.69) is 28.8 Å². The molecule has 2 aromatic heterocycles. The van der Waals surface area contributed by atoms with Crippen LogP contribution in [0.25, 0.3) is 0 Å². The van der Waals surface area contributed by atoms with E-state index in [9.17, 15) is 9.59 Å². The lowest BCUT2D eigenvalue weighted by Crippen LogP contribution is -2.50. The first kappa shape index (κ1) is 24.4. The van der Waals surface area contributed by atoms with Gasteiger partial charge in [0.15, 0.2) is 5.13 Å². The Balaban J connectivity index is 1.55. The molecule has 0 radical (unpaired) electrons. The first-order valence-electron chi connectivity index (χ1n) is 11.4. The van der Waals surface area contributed by atoms with Crippen molar-refractivity contribution in [2.24, 2.45) is 0 Å². The molecule has 1 aliphatic heterocycles. The highest BCUT2D eigenvalue weighted by atomic mass is 32.1. The van der Waals surface area contributed by atoms with Gasteiger partial charge < -0.3 is 19.9 Å². The number of piperazine rings is 1. The summed E-state index contributed by atoms with van der Waals surface area (Å²) in [5.41, 5.74) is 2.61. The zero-order valence-electron chi connectivity index (χ0n) is 20.2. The Morgan fingerprint density at radius 1 is 1.17 bits per heavy atom. The van der Waals surface area contributed by atoms with E-state index in [0.29, 0.717) is 37.5 Å². The van der Waals surface area contributed by atoms with Crippen LogP contribution in [0.5, 0.6) is 5.75 Å². The summed E-state index contributed by atoms with van der Waals surface area (Å²) >= 11 is 1.56. The molecule has 1 atom stereocenters. The summed E-state index contributed by atoms with van der Waals surface area (Å²) in [6, 6.07) is 9.54. The molecule has 1 aliphatic rings. The van der Waals surface area contributed by atoms with E-state index in [1.165, 1.54) is 6.08 Å². The zero-order chi connectivity index (χ0) is 24.9. The van der Waals surface area contributed by atoms with Crippen LogP contribution in [0.3, 0.4) is 0 Å². The molecule has 1 aromatic carbocycles. The number of amides is 2. The molecule has 0 saturated carbocycles. The van der Waals surface area contributed by atoms with Gasteiger partial charge in [-0.2, -0.15) is 0 Å². The number of aryl methyl sites for hydroxylation is 1. The van der Waals surface area contributed by atoms with Crippen LogP contribution in [-0.2, 0) is 4.79 Å². The first-order valence-corrected chi connectivity index (χ1v) is 12.3. The lowest BCUT2D eigenvalue weighted by molar-refractivity contribution is -0.127. The number of methoxy groups -OCH3 is 1. The molecule has 0 bridgehead atoms. The van der Waals surface area contributed by atoms with Crippen LogP contribution in [0.2, 0.25) is 0 Å². The molecule has 9 heteroatoms. The van der Waals surface area contributed by atoms with Gasteiger partial charge in [-0.25, -0.2) is 9.97 Å². The van der Waals surface area contributed by atoms with Crippen molar-refractivity contribution in [1.82, 2.24) is 19.8 Å². The van der Waals surface area contributed by atoms with Crippen molar-refractivity contribution in [2.45, 2.75) is 19.8 Å². The molecule has 182 valence electrons. The van der Waals surface area contributed by atoms with E-state index in [0.717, 1.165) is 27.0 Å².